The molecule has 0 saturated heterocycles. The summed E-state index contributed by atoms with van der Waals surface area (Å²) in [5.74, 6) is -0.549. The lowest BCUT2D eigenvalue weighted by Crippen LogP contribution is -2.53. The Labute approximate surface area is 289 Å². The molecule has 11 nitrogen and oxygen atoms in total. The summed E-state index contributed by atoms with van der Waals surface area (Å²) in [5, 5.41) is 19.5. The Morgan fingerprint density at radius 3 is 2.08 bits per heavy atom. The molecule has 266 valence electrons. The molecule has 3 aromatic rings. The van der Waals surface area contributed by atoms with Crippen LogP contribution in [0.1, 0.15) is 63.8 Å². The van der Waals surface area contributed by atoms with Crippen LogP contribution in [0.2, 0.25) is 0 Å². The number of hydrogen-bond acceptors (Lipinski definition) is 8. The summed E-state index contributed by atoms with van der Waals surface area (Å²) in [4.78, 5) is 38.8. The number of nitrogens with two attached hydrogens (primary N) is 1. The van der Waals surface area contributed by atoms with Gasteiger partial charge in [-0.05, 0) is 61.9 Å². The van der Waals surface area contributed by atoms with Crippen LogP contribution in [0.15, 0.2) is 84.9 Å². The third-order valence-electron chi connectivity index (χ3n) is 7.76. The number of alkyl carbamates (subject to hydrolysis) is 1. The van der Waals surface area contributed by atoms with Gasteiger partial charge in [-0.1, -0.05) is 86.6 Å². The Bertz CT molecular complexity index is 1460. The van der Waals surface area contributed by atoms with Gasteiger partial charge in [-0.3, -0.25) is 9.59 Å². The molecule has 0 fully saturated rings. The van der Waals surface area contributed by atoms with Crippen LogP contribution in [-0.2, 0) is 32.0 Å². The number of aliphatic hydroxyl groups is 1. The number of aliphatic hydroxyl groups excluding tert-OH is 1. The quantitative estimate of drug-likeness (QED) is 0.140. The van der Waals surface area contributed by atoms with E-state index in [0.29, 0.717) is 18.7 Å². The molecule has 49 heavy (non-hydrogen) atoms. The lowest BCUT2D eigenvalue weighted by molar-refractivity contribution is -0.137. The van der Waals surface area contributed by atoms with Gasteiger partial charge in [0, 0.05) is 20.1 Å². The number of carbonyl (C=O) groups is 3. The molecule has 0 saturated carbocycles. The number of methoxy groups -OCH3 is 1. The maximum Gasteiger partial charge on any atom is 0.408 e. The van der Waals surface area contributed by atoms with Crippen molar-refractivity contribution in [2.75, 3.05) is 13.7 Å². The third-order valence-corrected chi connectivity index (χ3v) is 7.76. The van der Waals surface area contributed by atoms with Crippen molar-refractivity contribution < 1.29 is 33.7 Å². The molecule has 3 rings (SSSR count). The molecular formula is C38H52N4O7. The van der Waals surface area contributed by atoms with Gasteiger partial charge in [0.15, 0.2) is 0 Å². The third kappa shape index (κ3) is 13.5. The Hall–Kier alpha value is -4.45. The minimum absolute atomic E-state index is 0.0535. The van der Waals surface area contributed by atoms with Gasteiger partial charge in [0.1, 0.15) is 30.1 Å². The molecule has 0 bridgehead atoms. The van der Waals surface area contributed by atoms with Crippen LogP contribution in [0, 0.1) is 5.92 Å². The van der Waals surface area contributed by atoms with Gasteiger partial charge in [0.2, 0.25) is 11.8 Å². The fraction of sp³-hybridized carbons (Fsp3) is 0.447. The zero-order valence-corrected chi connectivity index (χ0v) is 29.3. The second kappa shape index (κ2) is 18.9. The van der Waals surface area contributed by atoms with Gasteiger partial charge in [-0.15, -0.1) is 0 Å². The highest BCUT2D eigenvalue weighted by molar-refractivity contribution is 5.89. The molecule has 0 aliphatic carbocycles. The lowest BCUT2D eigenvalue weighted by Gasteiger charge is -2.27. The van der Waals surface area contributed by atoms with E-state index in [9.17, 15) is 19.5 Å². The lowest BCUT2D eigenvalue weighted by atomic mass is 9.98. The monoisotopic (exact) mass is 676 g/mol. The number of carbonyl (C=O) groups excluding carboxylic acids is 3. The predicted molar refractivity (Wildman–Crippen MR) is 189 cm³/mol. The Morgan fingerprint density at radius 1 is 0.857 bits per heavy atom. The van der Waals surface area contributed by atoms with E-state index in [2.05, 4.69) is 16.0 Å². The Balaban J connectivity index is 1.59. The zero-order chi connectivity index (χ0) is 36.0. The van der Waals surface area contributed by atoms with E-state index in [1.165, 1.54) is 7.11 Å². The highest BCUT2D eigenvalue weighted by Crippen LogP contribution is 2.24. The first kappa shape index (κ1) is 39.0. The van der Waals surface area contributed by atoms with E-state index in [1.54, 1.807) is 26.8 Å². The summed E-state index contributed by atoms with van der Waals surface area (Å²) < 4.78 is 16.9. The highest BCUT2D eigenvalue weighted by Gasteiger charge is 2.31. The van der Waals surface area contributed by atoms with Gasteiger partial charge in [0.25, 0.3) is 0 Å². The molecule has 0 spiro atoms. The maximum absolute atomic E-state index is 13.2. The zero-order valence-electron chi connectivity index (χ0n) is 29.3. The van der Waals surface area contributed by atoms with Crippen molar-refractivity contribution in [3.05, 3.63) is 102 Å². The van der Waals surface area contributed by atoms with Gasteiger partial charge >= 0.3 is 6.09 Å². The molecule has 11 heteroatoms. The van der Waals surface area contributed by atoms with Crippen LogP contribution >= 0.6 is 0 Å². The Morgan fingerprint density at radius 2 is 1.49 bits per heavy atom. The van der Waals surface area contributed by atoms with Crippen molar-refractivity contribution in [1.29, 1.82) is 0 Å². The van der Waals surface area contributed by atoms with Crippen molar-refractivity contribution in [1.82, 2.24) is 16.0 Å². The van der Waals surface area contributed by atoms with Gasteiger partial charge in [0.05, 0.1) is 18.2 Å². The molecule has 0 heterocycles. The second-order valence-corrected chi connectivity index (χ2v) is 13.4. The molecule has 1 unspecified atom stereocenters. The van der Waals surface area contributed by atoms with Crippen LogP contribution < -0.4 is 26.4 Å². The average Bonchev–Trinajstić information content (AvgIpc) is 3.07. The average molecular weight is 677 g/mol. The topological polar surface area (TPSA) is 161 Å². The smallest absolute Gasteiger partial charge is 0.408 e. The van der Waals surface area contributed by atoms with Crippen molar-refractivity contribution >= 4 is 17.9 Å². The van der Waals surface area contributed by atoms with Gasteiger partial charge in [-0.2, -0.15) is 0 Å². The summed E-state index contributed by atoms with van der Waals surface area (Å²) in [6.45, 7) is 9.37. The van der Waals surface area contributed by atoms with E-state index < -0.39 is 47.9 Å². The molecule has 5 atom stereocenters. The summed E-state index contributed by atoms with van der Waals surface area (Å²) in [6, 6.07) is 24.5. The standard InChI is InChI=1S/C38H52N4O7/c1-25(2)34(36(45)40-23-27-16-11-8-12-17-27)42-35(44)33(47-6)22-32(43)30(39)24-48-29-19-13-18-28(21-29)31(20-26-14-9-7-10-15-26)41-37(46)49-38(3,4)5/h7-19,21,25,30-34,43H,20,22-24,39H2,1-6H3,(H,40,45)(H,41,46)(H,42,44)/t30-,31?,32-,33+,34-/m0/s1. The highest BCUT2D eigenvalue weighted by atomic mass is 16.6. The minimum Gasteiger partial charge on any atom is -0.492 e. The molecule has 3 aromatic carbocycles. The number of amides is 3. The van der Waals surface area contributed by atoms with E-state index in [4.69, 9.17) is 19.9 Å². The van der Waals surface area contributed by atoms with Crippen LogP contribution in [0.3, 0.4) is 0 Å². The number of nitrogens with one attached hydrogen (secondary N) is 3. The fourth-order valence-corrected chi connectivity index (χ4v) is 5.06. The van der Waals surface area contributed by atoms with Crippen LogP contribution in [0.25, 0.3) is 0 Å². The van der Waals surface area contributed by atoms with Gasteiger partial charge in [-0.25, -0.2) is 4.79 Å². The SMILES string of the molecule is CO[C@H](C[C@H](O)[C@@H](N)COc1cccc(C(Cc2ccccc2)NC(=O)OC(C)(C)C)c1)C(=O)N[C@H](C(=O)NCc1ccccc1)C(C)C. The predicted octanol–water partition coefficient (Wildman–Crippen LogP) is 4.42. The number of rotatable bonds is 17. The molecular weight excluding hydrogens is 624 g/mol. The van der Waals surface area contributed by atoms with Crippen LogP contribution in [0.4, 0.5) is 4.79 Å². The summed E-state index contributed by atoms with van der Waals surface area (Å²) >= 11 is 0. The van der Waals surface area contributed by atoms with E-state index in [-0.39, 0.29) is 24.9 Å². The molecule has 0 aliphatic heterocycles. The first-order chi connectivity index (χ1) is 23.3. The van der Waals surface area contributed by atoms with Crippen molar-refractivity contribution in [3.63, 3.8) is 0 Å². The van der Waals surface area contributed by atoms with Crippen LogP contribution in [0.5, 0.6) is 5.75 Å². The molecule has 0 aliphatic rings. The second-order valence-electron chi connectivity index (χ2n) is 13.4. The largest absolute Gasteiger partial charge is 0.492 e. The summed E-state index contributed by atoms with van der Waals surface area (Å²) in [5.41, 5.74) is 8.40. The van der Waals surface area contributed by atoms with Crippen molar-refractivity contribution in [2.24, 2.45) is 11.7 Å². The summed E-state index contributed by atoms with van der Waals surface area (Å²) in [7, 11) is 1.36. The fourth-order valence-electron chi connectivity index (χ4n) is 5.06. The van der Waals surface area contributed by atoms with E-state index >= 15 is 0 Å². The molecule has 0 aromatic heterocycles. The molecule has 3 amide bonds. The van der Waals surface area contributed by atoms with Gasteiger partial charge < -0.3 is 41.0 Å². The maximum atomic E-state index is 13.2. The molecule has 6 N–H and O–H groups in total. The first-order valence-corrected chi connectivity index (χ1v) is 16.6. The van der Waals surface area contributed by atoms with Crippen molar-refractivity contribution in [2.45, 2.75) is 89.9 Å². The number of ether oxygens (including phenoxy) is 3. The Kier molecular flexibility index (Phi) is 15.1. The van der Waals surface area contributed by atoms with E-state index in [0.717, 1.165) is 16.7 Å². The van der Waals surface area contributed by atoms with Crippen molar-refractivity contribution in [3.8, 4) is 5.75 Å². The number of benzene rings is 3. The first-order valence-electron chi connectivity index (χ1n) is 16.6. The number of hydrogen-bond donors (Lipinski definition) is 5. The van der Waals surface area contributed by atoms with Crippen LogP contribution in [-0.4, -0.2) is 66.6 Å². The minimum atomic E-state index is -1.15. The molecule has 0 radical (unpaired) electrons. The normalized spacial score (nSPS) is 14.6. The summed E-state index contributed by atoms with van der Waals surface area (Å²) in [6.07, 6.45) is -2.32. The van der Waals surface area contributed by atoms with E-state index in [1.807, 2.05) is 92.7 Å².